The molecule has 0 saturated heterocycles. The molecule has 1 aromatic carbocycles. The van der Waals surface area contributed by atoms with Crippen molar-refractivity contribution < 1.29 is 14.6 Å². The van der Waals surface area contributed by atoms with Gasteiger partial charge in [-0.05, 0) is 30.5 Å². The van der Waals surface area contributed by atoms with Gasteiger partial charge >= 0.3 is 0 Å². The minimum absolute atomic E-state index is 0.214. The average molecular weight is 208 g/mol. The van der Waals surface area contributed by atoms with Crippen molar-refractivity contribution in [2.75, 3.05) is 20.3 Å². The Balaban J connectivity index is 2.30. The van der Waals surface area contributed by atoms with Crippen molar-refractivity contribution in [3.63, 3.8) is 0 Å². The molecule has 1 aromatic rings. The minimum Gasteiger partial charge on any atom is -0.497 e. The molecule has 2 rings (SSSR count). The summed E-state index contributed by atoms with van der Waals surface area (Å²) >= 11 is 0. The van der Waals surface area contributed by atoms with E-state index in [0.717, 1.165) is 42.9 Å². The van der Waals surface area contributed by atoms with Gasteiger partial charge in [-0.25, -0.2) is 0 Å². The standard InChI is InChI=1S/C12H16O3/c1-14-11-7-9(3-2-5-13)12-10(8-11)4-6-15-12/h7-8,13H,2-6H2,1H3. The summed E-state index contributed by atoms with van der Waals surface area (Å²) < 4.78 is 10.8. The maximum atomic E-state index is 8.83. The van der Waals surface area contributed by atoms with E-state index in [1.54, 1.807) is 7.11 Å². The Hall–Kier alpha value is -1.22. The van der Waals surface area contributed by atoms with Crippen molar-refractivity contribution in [1.82, 2.24) is 0 Å². The molecular formula is C12H16O3. The van der Waals surface area contributed by atoms with Gasteiger partial charge in [0.2, 0.25) is 0 Å². The Kier molecular flexibility index (Phi) is 3.11. The van der Waals surface area contributed by atoms with Crippen LogP contribution in [0.2, 0.25) is 0 Å². The maximum absolute atomic E-state index is 8.83. The number of rotatable bonds is 4. The van der Waals surface area contributed by atoms with Crippen molar-refractivity contribution in [3.8, 4) is 11.5 Å². The Morgan fingerprint density at radius 1 is 1.47 bits per heavy atom. The van der Waals surface area contributed by atoms with Crippen LogP contribution in [-0.4, -0.2) is 25.4 Å². The molecule has 0 unspecified atom stereocenters. The van der Waals surface area contributed by atoms with E-state index in [9.17, 15) is 0 Å². The van der Waals surface area contributed by atoms with Crippen LogP contribution in [0.5, 0.6) is 11.5 Å². The van der Waals surface area contributed by atoms with Crippen LogP contribution >= 0.6 is 0 Å². The fourth-order valence-electron chi connectivity index (χ4n) is 1.93. The van der Waals surface area contributed by atoms with Gasteiger partial charge in [0, 0.05) is 18.6 Å². The van der Waals surface area contributed by atoms with Crippen molar-refractivity contribution in [2.45, 2.75) is 19.3 Å². The molecule has 0 aliphatic carbocycles. The number of hydrogen-bond donors (Lipinski definition) is 1. The first-order valence-electron chi connectivity index (χ1n) is 5.28. The Morgan fingerprint density at radius 3 is 3.07 bits per heavy atom. The number of methoxy groups -OCH3 is 1. The zero-order valence-corrected chi connectivity index (χ0v) is 8.95. The summed E-state index contributed by atoms with van der Waals surface area (Å²) in [5.74, 6) is 1.89. The van der Waals surface area contributed by atoms with Gasteiger partial charge in [0.15, 0.2) is 0 Å². The van der Waals surface area contributed by atoms with Crippen LogP contribution in [0.15, 0.2) is 12.1 Å². The normalized spacial score (nSPS) is 13.5. The summed E-state index contributed by atoms with van der Waals surface area (Å²) in [6, 6.07) is 4.03. The lowest BCUT2D eigenvalue weighted by Crippen LogP contribution is -1.95. The molecule has 0 saturated carbocycles. The van der Waals surface area contributed by atoms with Gasteiger partial charge in [0.05, 0.1) is 13.7 Å². The second-order valence-electron chi connectivity index (χ2n) is 3.70. The molecule has 0 amide bonds. The highest BCUT2D eigenvalue weighted by molar-refractivity contribution is 5.49. The third kappa shape index (κ3) is 2.07. The van der Waals surface area contributed by atoms with Gasteiger partial charge < -0.3 is 14.6 Å². The van der Waals surface area contributed by atoms with Gasteiger partial charge in [0.25, 0.3) is 0 Å². The van der Waals surface area contributed by atoms with Crippen LogP contribution in [0.25, 0.3) is 0 Å². The Morgan fingerprint density at radius 2 is 2.33 bits per heavy atom. The van der Waals surface area contributed by atoms with Gasteiger partial charge in [0.1, 0.15) is 11.5 Å². The number of hydrogen-bond acceptors (Lipinski definition) is 3. The van der Waals surface area contributed by atoms with Crippen LogP contribution in [0.1, 0.15) is 17.5 Å². The molecule has 15 heavy (non-hydrogen) atoms. The van der Waals surface area contributed by atoms with Gasteiger partial charge in [-0.15, -0.1) is 0 Å². The van der Waals surface area contributed by atoms with Crippen LogP contribution in [0.3, 0.4) is 0 Å². The predicted molar refractivity (Wildman–Crippen MR) is 57.6 cm³/mol. The molecule has 1 aliphatic heterocycles. The highest BCUT2D eigenvalue weighted by Gasteiger charge is 2.17. The van der Waals surface area contributed by atoms with Crippen molar-refractivity contribution in [3.05, 3.63) is 23.3 Å². The summed E-state index contributed by atoms with van der Waals surface area (Å²) in [4.78, 5) is 0. The molecule has 0 spiro atoms. The molecule has 0 aromatic heterocycles. The SMILES string of the molecule is COc1cc(CCCO)c2c(c1)CCO2. The van der Waals surface area contributed by atoms with E-state index in [2.05, 4.69) is 0 Å². The molecule has 0 fully saturated rings. The van der Waals surface area contributed by atoms with Gasteiger partial charge in [-0.3, -0.25) is 0 Å². The molecule has 1 heterocycles. The van der Waals surface area contributed by atoms with Crippen molar-refractivity contribution in [1.29, 1.82) is 0 Å². The zero-order valence-electron chi connectivity index (χ0n) is 8.95. The lowest BCUT2D eigenvalue weighted by Gasteiger charge is -2.09. The smallest absolute Gasteiger partial charge is 0.126 e. The lowest BCUT2D eigenvalue weighted by atomic mass is 10.0. The minimum atomic E-state index is 0.214. The molecule has 3 heteroatoms. The molecule has 1 aliphatic rings. The quantitative estimate of drug-likeness (QED) is 0.816. The first-order chi connectivity index (χ1) is 7.35. The molecule has 82 valence electrons. The first kappa shape index (κ1) is 10.3. The van der Waals surface area contributed by atoms with E-state index in [0.29, 0.717) is 0 Å². The lowest BCUT2D eigenvalue weighted by molar-refractivity contribution is 0.287. The van der Waals surface area contributed by atoms with E-state index in [1.807, 2.05) is 12.1 Å². The monoisotopic (exact) mass is 208 g/mol. The topological polar surface area (TPSA) is 38.7 Å². The number of aliphatic hydroxyl groups is 1. The van der Waals surface area contributed by atoms with Gasteiger partial charge in [-0.1, -0.05) is 0 Å². The van der Waals surface area contributed by atoms with E-state index < -0.39 is 0 Å². The van der Waals surface area contributed by atoms with Crippen LogP contribution in [0, 0.1) is 0 Å². The first-order valence-corrected chi connectivity index (χ1v) is 5.28. The van der Waals surface area contributed by atoms with E-state index in [4.69, 9.17) is 14.6 Å². The highest BCUT2D eigenvalue weighted by atomic mass is 16.5. The van der Waals surface area contributed by atoms with E-state index in [1.165, 1.54) is 5.56 Å². The third-order valence-corrected chi connectivity index (χ3v) is 2.67. The van der Waals surface area contributed by atoms with E-state index in [-0.39, 0.29) is 6.61 Å². The molecule has 1 N–H and O–H groups in total. The number of fused-ring (bicyclic) bond motifs is 1. The third-order valence-electron chi connectivity index (χ3n) is 2.67. The zero-order chi connectivity index (χ0) is 10.7. The highest BCUT2D eigenvalue weighted by Crippen LogP contribution is 2.34. The largest absolute Gasteiger partial charge is 0.497 e. The molecule has 3 nitrogen and oxygen atoms in total. The molecule has 0 bridgehead atoms. The van der Waals surface area contributed by atoms with Crippen LogP contribution in [0.4, 0.5) is 0 Å². The number of ether oxygens (including phenoxy) is 2. The molecule has 0 radical (unpaired) electrons. The van der Waals surface area contributed by atoms with Crippen molar-refractivity contribution in [2.24, 2.45) is 0 Å². The summed E-state index contributed by atoms with van der Waals surface area (Å²) in [5, 5.41) is 8.83. The van der Waals surface area contributed by atoms with Gasteiger partial charge in [-0.2, -0.15) is 0 Å². The van der Waals surface area contributed by atoms with Crippen LogP contribution < -0.4 is 9.47 Å². The van der Waals surface area contributed by atoms with E-state index >= 15 is 0 Å². The number of benzene rings is 1. The summed E-state index contributed by atoms with van der Waals surface area (Å²) in [7, 11) is 1.67. The second kappa shape index (κ2) is 4.53. The Labute approximate surface area is 89.6 Å². The summed E-state index contributed by atoms with van der Waals surface area (Å²) in [5.41, 5.74) is 2.37. The average Bonchev–Trinajstić information content (AvgIpc) is 2.73. The second-order valence-corrected chi connectivity index (χ2v) is 3.70. The fourth-order valence-corrected chi connectivity index (χ4v) is 1.93. The molecule has 0 atom stereocenters. The predicted octanol–water partition coefficient (Wildman–Crippen LogP) is 1.55. The number of aliphatic hydroxyl groups excluding tert-OH is 1. The summed E-state index contributed by atoms with van der Waals surface area (Å²) in [6.45, 7) is 0.973. The summed E-state index contributed by atoms with van der Waals surface area (Å²) in [6.07, 6.45) is 2.57. The maximum Gasteiger partial charge on any atom is 0.126 e. The number of aryl methyl sites for hydroxylation is 1. The van der Waals surface area contributed by atoms with Crippen molar-refractivity contribution >= 4 is 0 Å². The fraction of sp³-hybridized carbons (Fsp3) is 0.500. The van der Waals surface area contributed by atoms with Crippen LogP contribution in [-0.2, 0) is 12.8 Å². The Bertz CT molecular complexity index is 347. The molecular weight excluding hydrogens is 192 g/mol.